The summed E-state index contributed by atoms with van der Waals surface area (Å²) < 4.78 is 0. The van der Waals surface area contributed by atoms with E-state index in [9.17, 15) is 4.79 Å². The predicted molar refractivity (Wildman–Crippen MR) is 58.5 cm³/mol. The summed E-state index contributed by atoms with van der Waals surface area (Å²) in [5, 5.41) is 13.9. The summed E-state index contributed by atoms with van der Waals surface area (Å²) in [6.45, 7) is 0.676. The topological polar surface area (TPSA) is 61.4 Å². The molecule has 1 rings (SSSR count). The maximum atomic E-state index is 10.9. The van der Waals surface area contributed by atoms with Crippen LogP contribution in [0.25, 0.3) is 0 Å². The molecule has 0 spiro atoms. The first-order valence-electron chi connectivity index (χ1n) is 4.90. The van der Waals surface area contributed by atoms with E-state index in [2.05, 4.69) is 10.6 Å². The Hall–Kier alpha value is -1.55. The van der Waals surface area contributed by atoms with Crippen LogP contribution < -0.4 is 10.6 Å². The molecule has 4 nitrogen and oxygen atoms in total. The van der Waals surface area contributed by atoms with Crippen LogP contribution in [0.4, 0.5) is 4.79 Å². The van der Waals surface area contributed by atoms with Gasteiger partial charge in [-0.25, -0.2) is 4.79 Å². The first-order chi connectivity index (χ1) is 7.26. The fraction of sp³-hybridized carbons (Fsp3) is 0.364. The van der Waals surface area contributed by atoms with Gasteiger partial charge in [-0.05, 0) is 17.5 Å². The van der Waals surface area contributed by atoms with Crippen LogP contribution in [-0.4, -0.2) is 24.8 Å². The van der Waals surface area contributed by atoms with E-state index in [1.54, 1.807) is 7.05 Å². The van der Waals surface area contributed by atoms with Crippen LogP contribution >= 0.6 is 0 Å². The molecule has 4 heteroatoms. The molecule has 0 fully saturated rings. The number of carbonyl (C=O) groups excluding carboxylic acids is 1. The molecule has 0 unspecified atom stereocenters. The van der Waals surface area contributed by atoms with Gasteiger partial charge in [0.25, 0.3) is 0 Å². The second kappa shape index (κ2) is 6.03. The normalized spacial score (nSPS) is 9.73. The Bertz CT molecular complexity index is 309. The van der Waals surface area contributed by atoms with Gasteiger partial charge in [0, 0.05) is 20.2 Å². The van der Waals surface area contributed by atoms with Crippen molar-refractivity contribution in [1.29, 1.82) is 0 Å². The van der Waals surface area contributed by atoms with Gasteiger partial charge < -0.3 is 15.7 Å². The highest BCUT2D eigenvalue weighted by atomic mass is 16.2. The lowest BCUT2D eigenvalue weighted by Gasteiger charge is -2.05. The highest BCUT2D eigenvalue weighted by Crippen LogP contribution is 2.04. The maximum Gasteiger partial charge on any atom is 0.314 e. The molecular weight excluding hydrogens is 192 g/mol. The summed E-state index contributed by atoms with van der Waals surface area (Å²) >= 11 is 0. The minimum absolute atomic E-state index is 0.163. The molecule has 1 aromatic rings. The van der Waals surface area contributed by atoms with Gasteiger partial charge in [0.15, 0.2) is 0 Å². The van der Waals surface area contributed by atoms with Crippen molar-refractivity contribution >= 4 is 6.03 Å². The van der Waals surface area contributed by atoms with Crippen LogP contribution in [0, 0.1) is 0 Å². The second-order valence-electron chi connectivity index (χ2n) is 3.22. The monoisotopic (exact) mass is 208 g/mol. The van der Waals surface area contributed by atoms with Crippen molar-refractivity contribution in [2.24, 2.45) is 0 Å². The van der Waals surface area contributed by atoms with E-state index < -0.39 is 0 Å². The van der Waals surface area contributed by atoms with Crippen molar-refractivity contribution in [3.8, 4) is 0 Å². The van der Waals surface area contributed by atoms with Gasteiger partial charge in [0.1, 0.15) is 0 Å². The molecule has 0 atom stereocenters. The van der Waals surface area contributed by atoms with Gasteiger partial charge in [-0.15, -0.1) is 0 Å². The van der Waals surface area contributed by atoms with Gasteiger partial charge in [-0.2, -0.15) is 0 Å². The standard InChI is InChI=1S/C11H16N2O2/c1-12-11(15)13-8-10-4-2-9(3-5-10)6-7-14/h2-5,14H,6-8H2,1H3,(H2,12,13,15). The summed E-state index contributed by atoms with van der Waals surface area (Å²) in [7, 11) is 1.58. The Morgan fingerprint density at radius 2 is 1.87 bits per heavy atom. The summed E-state index contributed by atoms with van der Waals surface area (Å²) in [5.41, 5.74) is 2.14. The number of hydrogen-bond donors (Lipinski definition) is 3. The average molecular weight is 208 g/mol. The van der Waals surface area contributed by atoms with Gasteiger partial charge >= 0.3 is 6.03 Å². The quantitative estimate of drug-likeness (QED) is 0.680. The molecule has 2 amide bonds. The first-order valence-corrected chi connectivity index (χ1v) is 4.90. The van der Waals surface area contributed by atoms with Gasteiger partial charge in [-0.3, -0.25) is 0 Å². The number of urea groups is 1. The minimum atomic E-state index is -0.186. The number of nitrogens with one attached hydrogen (secondary N) is 2. The number of carbonyl (C=O) groups is 1. The lowest BCUT2D eigenvalue weighted by molar-refractivity contribution is 0.242. The van der Waals surface area contributed by atoms with E-state index in [-0.39, 0.29) is 12.6 Å². The number of benzene rings is 1. The highest BCUT2D eigenvalue weighted by molar-refractivity contribution is 5.73. The van der Waals surface area contributed by atoms with Crippen molar-refractivity contribution < 1.29 is 9.90 Å². The molecule has 0 saturated heterocycles. The van der Waals surface area contributed by atoms with Gasteiger partial charge in [0.2, 0.25) is 0 Å². The van der Waals surface area contributed by atoms with Crippen LogP contribution in [0.15, 0.2) is 24.3 Å². The van der Waals surface area contributed by atoms with E-state index in [0.717, 1.165) is 11.1 Å². The third kappa shape index (κ3) is 3.99. The Morgan fingerprint density at radius 1 is 1.27 bits per heavy atom. The van der Waals surface area contributed by atoms with Crippen molar-refractivity contribution in [3.63, 3.8) is 0 Å². The van der Waals surface area contributed by atoms with Crippen LogP contribution in [0.1, 0.15) is 11.1 Å². The highest BCUT2D eigenvalue weighted by Gasteiger charge is 1.97. The van der Waals surface area contributed by atoms with E-state index in [1.165, 1.54) is 0 Å². The number of aliphatic hydroxyl groups is 1. The van der Waals surface area contributed by atoms with Crippen LogP contribution in [0.5, 0.6) is 0 Å². The Kier molecular flexibility index (Phi) is 4.63. The molecule has 0 aliphatic heterocycles. The molecule has 0 heterocycles. The summed E-state index contributed by atoms with van der Waals surface area (Å²) in [6.07, 6.45) is 0.670. The lowest BCUT2D eigenvalue weighted by Crippen LogP contribution is -2.32. The average Bonchev–Trinajstić information content (AvgIpc) is 2.28. The molecule has 0 aliphatic rings. The predicted octanol–water partition coefficient (Wildman–Crippen LogP) is 0.650. The molecule has 3 N–H and O–H groups in total. The fourth-order valence-electron chi connectivity index (χ4n) is 1.22. The molecule has 0 bridgehead atoms. The zero-order chi connectivity index (χ0) is 11.1. The smallest absolute Gasteiger partial charge is 0.314 e. The second-order valence-corrected chi connectivity index (χ2v) is 3.22. The van der Waals surface area contributed by atoms with E-state index in [4.69, 9.17) is 5.11 Å². The number of amides is 2. The first kappa shape index (κ1) is 11.5. The van der Waals surface area contributed by atoms with Gasteiger partial charge in [0.05, 0.1) is 0 Å². The summed E-state index contributed by atoms with van der Waals surface area (Å²) in [6, 6.07) is 7.62. The molecule has 0 aromatic heterocycles. The van der Waals surface area contributed by atoms with Crippen molar-refractivity contribution in [3.05, 3.63) is 35.4 Å². The molecule has 0 saturated carbocycles. The zero-order valence-corrected chi connectivity index (χ0v) is 8.79. The largest absolute Gasteiger partial charge is 0.396 e. The van der Waals surface area contributed by atoms with E-state index in [1.807, 2.05) is 24.3 Å². The van der Waals surface area contributed by atoms with E-state index >= 15 is 0 Å². The minimum Gasteiger partial charge on any atom is -0.396 e. The summed E-state index contributed by atoms with van der Waals surface area (Å²) in [4.78, 5) is 10.9. The molecular formula is C11H16N2O2. The molecule has 82 valence electrons. The zero-order valence-electron chi connectivity index (χ0n) is 8.79. The third-order valence-electron chi connectivity index (χ3n) is 2.10. The Balaban J connectivity index is 2.45. The summed E-state index contributed by atoms with van der Waals surface area (Å²) in [5.74, 6) is 0. The van der Waals surface area contributed by atoms with Crippen LogP contribution in [-0.2, 0) is 13.0 Å². The molecule has 1 aromatic carbocycles. The number of aliphatic hydroxyl groups excluding tert-OH is 1. The van der Waals surface area contributed by atoms with Crippen molar-refractivity contribution in [1.82, 2.24) is 10.6 Å². The Labute approximate surface area is 89.3 Å². The van der Waals surface area contributed by atoms with Crippen LogP contribution in [0.3, 0.4) is 0 Å². The fourth-order valence-corrected chi connectivity index (χ4v) is 1.22. The SMILES string of the molecule is CNC(=O)NCc1ccc(CCO)cc1. The number of hydrogen-bond acceptors (Lipinski definition) is 2. The van der Waals surface area contributed by atoms with E-state index in [0.29, 0.717) is 13.0 Å². The van der Waals surface area contributed by atoms with Crippen molar-refractivity contribution in [2.45, 2.75) is 13.0 Å². The van der Waals surface area contributed by atoms with Crippen molar-refractivity contribution in [2.75, 3.05) is 13.7 Å². The lowest BCUT2D eigenvalue weighted by atomic mass is 10.1. The van der Waals surface area contributed by atoms with Gasteiger partial charge in [-0.1, -0.05) is 24.3 Å². The van der Waals surface area contributed by atoms with Crippen LogP contribution in [0.2, 0.25) is 0 Å². The third-order valence-corrected chi connectivity index (χ3v) is 2.10. The molecule has 0 radical (unpaired) electrons. The number of rotatable bonds is 4. The molecule has 15 heavy (non-hydrogen) atoms. The Morgan fingerprint density at radius 3 is 2.40 bits per heavy atom. The molecule has 0 aliphatic carbocycles. The maximum absolute atomic E-state index is 10.9.